The Morgan fingerprint density at radius 3 is 2.04 bits per heavy atom. The number of aliphatic hydroxyl groups is 1. The number of benzene rings is 2. The summed E-state index contributed by atoms with van der Waals surface area (Å²) in [5, 5.41) is 10.1. The zero-order valence-electron chi connectivity index (χ0n) is 12.0. The van der Waals surface area contributed by atoms with Gasteiger partial charge in [0, 0.05) is 5.69 Å². The van der Waals surface area contributed by atoms with Gasteiger partial charge in [0.2, 0.25) is 0 Å². The van der Waals surface area contributed by atoms with Crippen LogP contribution < -0.4 is 10.5 Å². The normalized spacial score (nSPS) is 14.2. The molecule has 0 aromatic heterocycles. The zero-order chi connectivity index (χ0) is 15.7. The number of aliphatic hydroxyl groups excluding tert-OH is 1. The first-order chi connectivity index (χ1) is 10.6. The van der Waals surface area contributed by atoms with Crippen molar-refractivity contribution in [1.82, 2.24) is 4.90 Å². The molecule has 1 atom stereocenters. The van der Waals surface area contributed by atoms with Gasteiger partial charge in [0.15, 0.2) is 6.23 Å². The lowest BCUT2D eigenvalue weighted by atomic mass is 10.1. The number of carbonyl (C=O) groups excluding carboxylic acids is 2. The average Bonchev–Trinajstić information content (AvgIpc) is 2.79. The van der Waals surface area contributed by atoms with Crippen molar-refractivity contribution in [3.05, 3.63) is 59.7 Å². The lowest BCUT2D eigenvalue weighted by Crippen LogP contribution is -2.43. The molecular formula is C16H15ClN2O4. The summed E-state index contributed by atoms with van der Waals surface area (Å²) in [6, 6.07) is 13.1. The van der Waals surface area contributed by atoms with Crippen molar-refractivity contribution in [1.29, 1.82) is 0 Å². The Labute approximate surface area is 138 Å². The van der Waals surface area contributed by atoms with E-state index in [1.165, 1.54) is 0 Å². The van der Waals surface area contributed by atoms with Crippen LogP contribution in [0.5, 0.6) is 5.75 Å². The third-order valence-corrected chi connectivity index (χ3v) is 3.40. The Kier molecular flexibility index (Phi) is 4.88. The summed E-state index contributed by atoms with van der Waals surface area (Å²) < 4.78 is 5.38. The highest BCUT2D eigenvalue weighted by Gasteiger charge is 2.39. The van der Waals surface area contributed by atoms with E-state index in [0.717, 1.165) is 4.90 Å². The molecule has 1 unspecified atom stereocenters. The molecule has 0 bridgehead atoms. The van der Waals surface area contributed by atoms with Gasteiger partial charge < -0.3 is 15.6 Å². The van der Waals surface area contributed by atoms with Crippen LogP contribution in [0.25, 0.3) is 0 Å². The fourth-order valence-corrected chi connectivity index (χ4v) is 2.29. The number of fused-ring (bicyclic) bond motifs is 1. The van der Waals surface area contributed by atoms with E-state index in [-0.39, 0.29) is 19.0 Å². The summed E-state index contributed by atoms with van der Waals surface area (Å²) >= 11 is 0. The van der Waals surface area contributed by atoms with E-state index >= 15 is 0 Å². The highest BCUT2D eigenvalue weighted by atomic mass is 35.5. The number of hydrogen-bond donors (Lipinski definition) is 2. The minimum atomic E-state index is -1.36. The van der Waals surface area contributed by atoms with E-state index in [2.05, 4.69) is 0 Å². The third kappa shape index (κ3) is 3.13. The molecule has 0 aliphatic carbocycles. The Hall–Kier alpha value is -2.57. The molecule has 6 nitrogen and oxygen atoms in total. The van der Waals surface area contributed by atoms with Gasteiger partial charge in [-0.15, -0.1) is 12.4 Å². The van der Waals surface area contributed by atoms with E-state index in [1.807, 2.05) is 0 Å². The number of amides is 2. The Balaban J connectivity index is 0.00000192. The van der Waals surface area contributed by atoms with Crippen LogP contribution in [0.15, 0.2) is 48.5 Å². The number of rotatable bonds is 4. The third-order valence-electron chi connectivity index (χ3n) is 3.40. The van der Waals surface area contributed by atoms with Gasteiger partial charge in [-0.2, -0.15) is 0 Å². The van der Waals surface area contributed by atoms with Crippen molar-refractivity contribution < 1.29 is 19.4 Å². The number of nitrogen functional groups attached to an aromatic ring is 1. The quantitative estimate of drug-likeness (QED) is 0.655. The van der Waals surface area contributed by atoms with Crippen LogP contribution in [-0.2, 0) is 0 Å². The van der Waals surface area contributed by atoms with Crippen LogP contribution in [0.3, 0.4) is 0 Å². The van der Waals surface area contributed by atoms with Crippen LogP contribution in [0.4, 0.5) is 5.69 Å². The number of hydrogen-bond acceptors (Lipinski definition) is 5. The molecule has 3 rings (SSSR count). The summed E-state index contributed by atoms with van der Waals surface area (Å²) in [7, 11) is 0. The SMILES string of the molecule is Cl.Nc1ccc(OCC(O)N2C(=O)c3ccccc3C2=O)cc1. The largest absolute Gasteiger partial charge is 0.489 e. The van der Waals surface area contributed by atoms with E-state index in [1.54, 1.807) is 48.5 Å². The van der Waals surface area contributed by atoms with E-state index < -0.39 is 18.0 Å². The zero-order valence-corrected chi connectivity index (χ0v) is 12.8. The molecule has 2 aromatic carbocycles. The second-order valence-corrected chi connectivity index (χ2v) is 4.89. The molecule has 0 spiro atoms. The van der Waals surface area contributed by atoms with Gasteiger partial charge in [-0.25, -0.2) is 4.90 Å². The number of carbonyl (C=O) groups is 2. The van der Waals surface area contributed by atoms with Gasteiger partial charge in [0.25, 0.3) is 11.8 Å². The molecule has 120 valence electrons. The first-order valence-electron chi connectivity index (χ1n) is 6.71. The van der Waals surface area contributed by atoms with Gasteiger partial charge in [0.1, 0.15) is 12.4 Å². The van der Waals surface area contributed by atoms with Crippen molar-refractivity contribution in [3.8, 4) is 5.75 Å². The topological polar surface area (TPSA) is 92.9 Å². The first-order valence-corrected chi connectivity index (χ1v) is 6.71. The Bertz CT molecular complexity index is 698. The summed E-state index contributed by atoms with van der Waals surface area (Å²) in [5.74, 6) is -0.548. The predicted octanol–water partition coefficient (Wildman–Crippen LogP) is 1.68. The number of anilines is 1. The van der Waals surface area contributed by atoms with Crippen molar-refractivity contribution in [3.63, 3.8) is 0 Å². The van der Waals surface area contributed by atoms with Crippen LogP contribution >= 0.6 is 12.4 Å². The van der Waals surface area contributed by atoms with E-state index in [0.29, 0.717) is 22.6 Å². The molecule has 1 heterocycles. The summed E-state index contributed by atoms with van der Waals surface area (Å²) in [6.07, 6.45) is -1.36. The Morgan fingerprint density at radius 2 is 1.52 bits per heavy atom. The number of halogens is 1. The van der Waals surface area contributed by atoms with Crippen LogP contribution in [0.1, 0.15) is 20.7 Å². The number of nitrogens with zero attached hydrogens (tertiary/aromatic N) is 1. The molecule has 0 saturated carbocycles. The van der Waals surface area contributed by atoms with Gasteiger partial charge in [-0.05, 0) is 36.4 Å². The van der Waals surface area contributed by atoms with Gasteiger partial charge in [0.05, 0.1) is 11.1 Å². The smallest absolute Gasteiger partial charge is 0.263 e. The maximum atomic E-state index is 12.2. The van der Waals surface area contributed by atoms with Crippen LogP contribution in [-0.4, -0.2) is 34.7 Å². The minimum Gasteiger partial charge on any atom is -0.489 e. The van der Waals surface area contributed by atoms with Crippen molar-refractivity contribution in [2.24, 2.45) is 0 Å². The maximum absolute atomic E-state index is 12.2. The predicted molar refractivity (Wildman–Crippen MR) is 86.5 cm³/mol. The highest BCUT2D eigenvalue weighted by molar-refractivity contribution is 6.21. The molecule has 2 aromatic rings. The minimum absolute atomic E-state index is 0. The van der Waals surface area contributed by atoms with Crippen LogP contribution in [0, 0.1) is 0 Å². The van der Waals surface area contributed by atoms with Crippen molar-refractivity contribution >= 4 is 29.9 Å². The van der Waals surface area contributed by atoms with Crippen LogP contribution in [0.2, 0.25) is 0 Å². The average molecular weight is 335 g/mol. The number of ether oxygens (including phenoxy) is 1. The van der Waals surface area contributed by atoms with E-state index in [9.17, 15) is 14.7 Å². The summed E-state index contributed by atoms with van der Waals surface area (Å²) in [6.45, 7) is -0.213. The first kappa shape index (κ1) is 16.8. The molecule has 23 heavy (non-hydrogen) atoms. The van der Waals surface area contributed by atoms with Gasteiger partial charge in [-0.1, -0.05) is 12.1 Å². The van der Waals surface area contributed by atoms with Crippen molar-refractivity contribution in [2.75, 3.05) is 12.3 Å². The standard InChI is InChI=1S/C16H14N2O4.ClH/c17-10-5-7-11(8-6-10)22-9-14(19)18-15(20)12-3-1-2-4-13(12)16(18)21;/h1-8,14,19H,9,17H2;1H. The van der Waals surface area contributed by atoms with E-state index in [4.69, 9.17) is 10.5 Å². The molecule has 0 radical (unpaired) electrons. The fraction of sp³-hybridized carbons (Fsp3) is 0.125. The molecule has 0 saturated heterocycles. The second-order valence-electron chi connectivity index (χ2n) is 4.89. The molecular weight excluding hydrogens is 320 g/mol. The molecule has 1 aliphatic rings. The second kappa shape index (κ2) is 6.68. The lowest BCUT2D eigenvalue weighted by molar-refractivity contribution is -0.00634. The Morgan fingerprint density at radius 1 is 1.00 bits per heavy atom. The monoisotopic (exact) mass is 334 g/mol. The maximum Gasteiger partial charge on any atom is 0.263 e. The fourth-order valence-electron chi connectivity index (χ4n) is 2.29. The van der Waals surface area contributed by atoms with Gasteiger partial charge >= 0.3 is 0 Å². The summed E-state index contributed by atoms with van der Waals surface area (Å²) in [4.78, 5) is 25.2. The molecule has 7 heteroatoms. The van der Waals surface area contributed by atoms with Crippen molar-refractivity contribution in [2.45, 2.75) is 6.23 Å². The number of imide groups is 1. The molecule has 1 aliphatic heterocycles. The van der Waals surface area contributed by atoms with Gasteiger partial charge in [-0.3, -0.25) is 9.59 Å². The molecule has 3 N–H and O–H groups in total. The molecule has 0 fully saturated rings. The molecule has 2 amide bonds. The lowest BCUT2D eigenvalue weighted by Gasteiger charge is -2.21. The number of nitrogens with two attached hydrogens (primary N) is 1. The summed E-state index contributed by atoms with van der Waals surface area (Å²) in [5.41, 5.74) is 6.74. The highest BCUT2D eigenvalue weighted by Crippen LogP contribution is 2.24.